The van der Waals surface area contributed by atoms with Crippen molar-refractivity contribution in [2.24, 2.45) is 0 Å². The van der Waals surface area contributed by atoms with Crippen molar-refractivity contribution in [1.82, 2.24) is 10.3 Å². The zero-order chi connectivity index (χ0) is 22.2. The van der Waals surface area contributed by atoms with Gasteiger partial charge < -0.3 is 19.9 Å². The maximum atomic E-state index is 12.7. The molecule has 0 aliphatic heterocycles. The Morgan fingerprint density at radius 3 is 2.90 bits per heavy atom. The van der Waals surface area contributed by atoms with Gasteiger partial charge in [0.25, 0.3) is 5.91 Å². The Hall–Kier alpha value is -3.70. The molecule has 0 radical (unpaired) electrons. The van der Waals surface area contributed by atoms with Gasteiger partial charge in [0.2, 0.25) is 5.88 Å². The van der Waals surface area contributed by atoms with Gasteiger partial charge in [0.05, 0.1) is 17.7 Å². The highest BCUT2D eigenvalue weighted by molar-refractivity contribution is 5.96. The second-order valence-electron chi connectivity index (χ2n) is 7.16. The van der Waals surface area contributed by atoms with Crippen LogP contribution in [-0.2, 0) is 9.53 Å². The molecule has 0 spiro atoms. The third-order valence-corrected chi connectivity index (χ3v) is 4.87. The summed E-state index contributed by atoms with van der Waals surface area (Å²) in [6, 6.07) is 11.9. The zero-order valence-electron chi connectivity index (χ0n) is 17.1. The minimum absolute atomic E-state index is 0.131. The molecule has 2 unspecified atom stereocenters. The minimum atomic E-state index is -0.976. The first kappa shape index (κ1) is 22.0. The van der Waals surface area contributed by atoms with E-state index in [1.807, 2.05) is 12.1 Å². The quantitative estimate of drug-likeness (QED) is 0.626. The first-order valence-corrected chi connectivity index (χ1v) is 9.93. The Balaban J connectivity index is 1.58. The molecule has 8 heteroatoms. The van der Waals surface area contributed by atoms with Gasteiger partial charge in [-0.25, -0.2) is 9.78 Å². The number of nitrogens with one attached hydrogen (secondary N) is 1. The molecule has 1 aromatic carbocycles. The number of nitriles is 1. The summed E-state index contributed by atoms with van der Waals surface area (Å²) in [5, 5.41) is 20.8. The van der Waals surface area contributed by atoms with Crippen LogP contribution in [0, 0.1) is 11.3 Å². The lowest BCUT2D eigenvalue weighted by atomic mass is 9.97. The van der Waals surface area contributed by atoms with Crippen LogP contribution in [0.4, 0.5) is 0 Å². The summed E-state index contributed by atoms with van der Waals surface area (Å²) >= 11 is 0. The fraction of sp³-hybridized carbons (Fsp3) is 0.304. The topological polar surface area (TPSA) is 122 Å². The van der Waals surface area contributed by atoms with E-state index in [1.165, 1.54) is 13.1 Å². The number of aromatic nitrogens is 1. The number of pyridine rings is 1. The number of ether oxygens (including phenoxy) is 2. The fourth-order valence-corrected chi connectivity index (χ4v) is 3.17. The van der Waals surface area contributed by atoms with Crippen LogP contribution in [-0.4, -0.2) is 40.7 Å². The molecule has 2 N–H and O–H groups in total. The normalized spacial score (nSPS) is 16.5. The van der Waals surface area contributed by atoms with Crippen molar-refractivity contribution in [2.75, 3.05) is 6.54 Å². The van der Waals surface area contributed by atoms with Crippen molar-refractivity contribution in [2.45, 2.75) is 38.4 Å². The summed E-state index contributed by atoms with van der Waals surface area (Å²) < 4.78 is 11.2. The summed E-state index contributed by atoms with van der Waals surface area (Å²) in [5.41, 5.74) is 1.80. The van der Waals surface area contributed by atoms with Gasteiger partial charge in [-0.3, -0.25) is 4.79 Å². The maximum absolute atomic E-state index is 12.7. The highest BCUT2D eigenvalue weighted by Crippen LogP contribution is 2.24. The van der Waals surface area contributed by atoms with Crippen LogP contribution in [0.15, 0.2) is 54.2 Å². The van der Waals surface area contributed by atoms with Gasteiger partial charge >= 0.3 is 5.97 Å². The van der Waals surface area contributed by atoms with Crippen LogP contribution >= 0.6 is 0 Å². The van der Waals surface area contributed by atoms with E-state index in [9.17, 15) is 9.59 Å². The number of benzene rings is 1. The number of hydrogen-bond donors (Lipinski definition) is 2. The maximum Gasteiger partial charge on any atom is 0.332 e. The largest absolute Gasteiger partial charge is 0.479 e. The van der Waals surface area contributed by atoms with E-state index in [4.69, 9.17) is 19.8 Å². The van der Waals surface area contributed by atoms with Crippen LogP contribution in [0.5, 0.6) is 11.6 Å². The summed E-state index contributed by atoms with van der Waals surface area (Å²) in [5.74, 6) is -0.721. The molecule has 1 aliphatic carbocycles. The first-order valence-electron chi connectivity index (χ1n) is 9.93. The van der Waals surface area contributed by atoms with Crippen molar-refractivity contribution < 1.29 is 24.2 Å². The van der Waals surface area contributed by atoms with E-state index in [-0.39, 0.29) is 23.5 Å². The van der Waals surface area contributed by atoms with Crippen molar-refractivity contribution >= 4 is 11.9 Å². The monoisotopic (exact) mass is 421 g/mol. The lowest BCUT2D eigenvalue weighted by Crippen LogP contribution is -2.30. The molecule has 2 aromatic rings. The molecular formula is C23H23N3O5. The van der Waals surface area contributed by atoms with Crippen LogP contribution < -0.4 is 10.1 Å². The van der Waals surface area contributed by atoms with E-state index < -0.39 is 12.1 Å². The number of hydrogen-bond acceptors (Lipinski definition) is 6. The molecule has 1 heterocycles. The molecule has 0 saturated carbocycles. The number of carbonyl (C=O) groups excluding carboxylic acids is 1. The Kier molecular flexibility index (Phi) is 7.35. The summed E-state index contributed by atoms with van der Waals surface area (Å²) in [6.45, 7) is 1.89. The minimum Gasteiger partial charge on any atom is -0.479 e. The number of carboxylic acid groups (broad SMARTS) is 1. The van der Waals surface area contributed by atoms with E-state index in [0.717, 1.165) is 5.57 Å². The van der Waals surface area contributed by atoms with Gasteiger partial charge in [-0.15, -0.1) is 0 Å². The van der Waals surface area contributed by atoms with Gasteiger partial charge in [0.1, 0.15) is 11.3 Å². The second kappa shape index (κ2) is 10.4. The number of carbonyl (C=O) groups is 2. The summed E-state index contributed by atoms with van der Waals surface area (Å²) in [4.78, 5) is 27.8. The second-order valence-corrected chi connectivity index (χ2v) is 7.16. The molecule has 3 rings (SSSR count). The number of rotatable bonds is 8. The first-order chi connectivity index (χ1) is 15.0. The van der Waals surface area contributed by atoms with Gasteiger partial charge in [-0.2, -0.15) is 5.26 Å². The molecule has 2 atom stereocenters. The molecule has 0 bridgehead atoms. The zero-order valence-corrected chi connectivity index (χ0v) is 17.1. The number of aliphatic carboxylic acids is 1. The number of nitrogens with zero attached hydrogens (tertiary/aromatic N) is 2. The highest BCUT2D eigenvalue weighted by Gasteiger charge is 2.21. The predicted octanol–water partition coefficient (Wildman–Crippen LogP) is 3.44. The van der Waals surface area contributed by atoms with Gasteiger partial charge in [0.15, 0.2) is 6.10 Å². The molecule has 31 heavy (non-hydrogen) atoms. The molecular weight excluding hydrogens is 398 g/mol. The van der Waals surface area contributed by atoms with Crippen LogP contribution in [0.1, 0.15) is 42.1 Å². The molecule has 1 aliphatic rings. The van der Waals surface area contributed by atoms with Gasteiger partial charge in [0, 0.05) is 12.7 Å². The van der Waals surface area contributed by atoms with E-state index in [0.29, 0.717) is 37.1 Å². The fourth-order valence-electron chi connectivity index (χ4n) is 3.17. The van der Waals surface area contributed by atoms with E-state index in [2.05, 4.69) is 10.3 Å². The van der Waals surface area contributed by atoms with E-state index in [1.54, 1.807) is 36.4 Å². The predicted molar refractivity (Wildman–Crippen MR) is 112 cm³/mol. The van der Waals surface area contributed by atoms with Gasteiger partial charge in [-0.1, -0.05) is 17.7 Å². The van der Waals surface area contributed by atoms with Crippen molar-refractivity contribution in [3.05, 3.63) is 65.4 Å². The van der Waals surface area contributed by atoms with Crippen molar-refractivity contribution in [3.8, 4) is 17.7 Å². The molecule has 0 saturated heterocycles. The Morgan fingerprint density at radius 1 is 1.35 bits per heavy atom. The standard InChI is InChI=1S/C23H23N3O5/c1-15(23(28)29)30-18-9-7-16(8-10-18)14-26-21(27)20-6-3-11-25-22(20)31-19-5-2-4-17(12-19)13-24/h2-7,11-12,15,18H,8-10,14H2,1H3,(H,26,27)(H,28,29). The Bertz CT molecular complexity index is 1030. The van der Waals surface area contributed by atoms with Crippen molar-refractivity contribution in [3.63, 3.8) is 0 Å². The molecule has 1 amide bonds. The molecule has 8 nitrogen and oxygen atoms in total. The van der Waals surface area contributed by atoms with Crippen LogP contribution in [0.2, 0.25) is 0 Å². The summed E-state index contributed by atoms with van der Waals surface area (Å²) in [7, 11) is 0. The SMILES string of the molecule is CC(OC1CC=C(CNC(=O)c2cccnc2Oc2cccc(C#N)c2)CC1)C(=O)O. The van der Waals surface area contributed by atoms with Crippen molar-refractivity contribution in [1.29, 1.82) is 5.26 Å². The van der Waals surface area contributed by atoms with Crippen LogP contribution in [0.25, 0.3) is 0 Å². The average molecular weight is 421 g/mol. The third kappa shape index (κ3) is 6.14. The Labute approximate surface area is 180 Å². The molecule has 160 valence electrons. The third-order valence-electron chi connectivity index (χ3n) is 4.87. The number of carboxylic acids is 1. The summed E-state index contributed by atoms with van der Waals surface area (Å²) in [6.07, 6.45) is 4.58. The molecule has 1 aromatic heterocycles. The lowest BCUT2D eigenvalue weighted by Gasteiger charge is -2.24. The highest BCUT2D eigenvalue weighted by atomic mass is 16.5. The molecule has 0 fully saturated rings. The van der Waals surface area contributed by atoms with Gasteiger partial charge in [-0.05, 0) is 56.5 Å². The van der Waals surface area contributed by atoms with E-state index >= 15 is 0 Å². The van der Waals surface area contributed by atoms with Crippen LogP contribution in [0.3, 0.4) is 0 Å². The average Bonchev–Trinajstić information content (AvgIpc) is 2.78. The lowest BCUT2D eigenvalue weighted by molar-refractivity contribution is -0.153. The Morgan fingerprint density at radius 2 is 2.19 bits per heavy atom. The smallest absolute Gasteiger partial charge is 0.332 e. The number of amides is 1.